The average Bonchev–Trinajstić information content (AvgIpc) is 3.25. The van der Waals surface area contributed by atoms with Crippen molar-refractivity contribution in [2.75, 3.05) is 6.61 Å². The van der Waals surface area contributed by atoms with Crippen molar-refractivity contribution in [3.8, 4) is 0 Å². The number of carbonyl (C=O) groups excluding carboxylic acids is 1. The van der Waals surface area contributed by atoms with E-state index in [0.29, 0.717) is 24.2 Å². The fourth-order valence-corrected chi connectivity index (χ4v) is 8.29. The quantitative estimate of drug-likeness (QED) is 0.270. The molecule has 4 N–H and O–H groups in total. The highest BCUT2D eigenvalue weighted by Crippen LogP contribution is 2.65. The third-order valence-electron chi connectivity index (χ3n) is 10.6. The summed E-state index contributed by atoms with van der Waals surface area (Å²) in [6.07, 6.45) is 8.16. The molecule has 3 fully saturated rings. The van der Waals surface area contributed by atoms with Gasteiger partial charge in [-0.25, -0.2) is 4.79 Å². The van der Waals surface area contributed by atoms with Crippen molar-refractivity contribution in [3.63, 3.8) is 0 Å². The van der Waals surface area contributed by atoms with Gasteiger partial charge in [0.1, 0.15) is 6.10 Å². The number of aliphatic hydroxyl groups excluding tert-OH is 2. The number of fused-ring (bicyclic) bond motifs is 5. The second kappa shape index (κ2) is 11.2. The van der Waals surface area contributed by atoms with Crippen molar-refractivity contribution in [2.45, 2.75) is 83.5 Å². The number of oxime groups is 1. The van der Waals surface area contributed by atoms with Gasteiger partial charge >= 0.3 is 5.97 Å². The summed E-state index contributed by atoms with van der Waals surface area (Å²) in [4.78, 5) is 39.9. The number of nitro benzene ring substituents is 1. The van der Waals surface area contributed by atoms with E-state index >= 15 is 0 Å². The molecule has 1 aromatic rings. The van der Waals surface area contributed by atoms with Crippen LogP contribution < -0.4 is 5.32 Å². The van der Waals surface area contributed by atoms with Crippen LogP contribution in [0.25, 0.3) is 0 Å². The lowest BCUT2D eigenvalue weighted by molar-refractivity contribution is -0.385. The topological polar surface area (TPSA) is 172 Å². The zero-order valence-corrected chi connectivity index (χ0v) is 23.5. The van der Waals surface area contributed by atoms with Crippen molar-refractivity contribution in [1.82, 2.24) is 5.32 Å². The minimum Gasteiger partial charge on any atom is -0.480 e. The molecule has 4 aliphatic carbocycles. The van der Waals surface area contributed by atoms with Crippen LogP contribution in [-0.4, -0.2) is 56.6 Å². The third-order valence-corrected chi connectivity index (χ3v) is 10.6. The molecule has 0 aromatic heterocycles. The van der Waals surface area contributed by atoms with Gasteiger partial charge in [-0.3, -0.25) is 14.9 Å². The molecule has 4 aliphatic rings. The lowest BCUT2D eigenvalue weighted by Gasteiger charge is -2.57. The highest BCUT2D eigenvalue weighted by Gasteiger charge is 2.58. The van der Waals surface area contributed by atoms with Crippen molar-refractivity contribution in [2.24, 2.45) is 33.7 Å². The van der Waals surface area contributed by atoms with Crippen LogP contribution in [0.1, 0.15) is 76.9 Å². The van der Waals surface area contributed by atoms with Gasteiger partial charge in [0.25, 0.3) is 11.6 Å². The van der Waals surface area contributed by atoms with Crippen LogP contribution in [0.4, 0.5) is 5.69 Å². The van der Waals surface area contributed by atoms with Gasteiger partial charge < -0.3 is 25.5 Å². The van der Waals surface area contributed by atoms with Crippen LogP contribution in [0, 0.1) is 38.7 Å². The van der Waals surface area contributed by atoms with Gasteiger partial charge in [0.05, 0.1) is 16.7 Å². The Labute approximate surface area is 238 Å². The number of aliphatic carboxylic acids is 1. The second-order valence-electron chi connectivity index (χ2n) is 12.7. The Bertz CT molecular complexity index is 1280. The summed E-state index contributed by atoms with van der Waals surface area (Å²) in [5.74, 6) is -0.484. The lowest BCUT2D eigenvalue weighted by atomic mass is 9.47. The molecule has 1 aromatic carbocycles. The zero-order chi connectivity index (χ0) is 29.5. The molecule has 0 radical (unpaired) electrons. The number of aliphatic hydroxyl groups is 2. The van der Waals surface area contributed by atoms with Crippen LogP contribution in [0.3, 0.4) is 0 Å². The molecule has 0 spiro atoms. The van der Waals surface area contributed by atoms with E-state index in [1.54, 1.807) is 0 Å². The van der Waals surface area contributed by atoms with Crippen LogP contribution in [0.15, 0.2) is 41.1 Å². The first-order valence-corrected chi connectivity index (χ1v) is 14.5. The van der Waals surface area contributed by atoms with E-state index < -0.39 is 35.6 Å². The number of carboxylic acid groups (broad SMARTS) is 1. The fraction of sp³-hybridized carbons (Fsp3) is 0.633. The SMILES string of the molecule is C[C@]12CC[C@H]3[C@@H](CCC4=C/C(=N/OCC(=O)N[C@@H](C(=O)O)[C@H](O)c5cccc([N+](=O)[O-])c5)CC[C@@]43C)[C@@H]1CC[C@@H]2O. The molecule has 8 atom stereocenters. The molecule has 222 valence electrons. The van der Waals surface area contributed by atoms with Gasteiger partial charge in [-0.2, -0.15) is 0 Å². The number of nitrogens with one attached hydrogen (secondary N) is 1. The van der Waals surface area contributed by atoms with Gasteiger partial charge in [0.15, 0.2) is 12.6 Å². The van der Waals surface area contributed by atoms with Crippen LogP contribution >= 0.6 is 0 Å². The largest absolute Gasteiger partial charge is 0.480 e. The Morgan fingerprint density at radius 1 is 1.17 bits per heavy atom. The number of hydrogen-bond donors (Lipinski definition) is 4. The lowest BCUT2D eigenvalue weighted by Crippen LogP contribution is -2.51. The summed E-state index contributed by atoms with van der Waals surface area (Å²) >= 11 is 0. The maximum atomic E-state index is 12.5. The predicted octanol–water partition coefficient (Wildman–Crippen LogP) is 3.89. The number of carboxylic acids is 1. The number of carbonyl (C=O) groups is 2. The molecule has 11 nitrogen and oxygen atoms in total. The Morgan fingerprint density at radius 2 is 1.95 bits per heavy atom. The minimum atomic E-state index is -1.73. The molecule has 41 heavy (non-hydrogen) atoms. The molecule has 0 unspecified atom stereocenters. The molecule has 11 heteroatoms. The van der Waals surface area contributed by atoms with Crippen molar-refractivity contribution < 1.29 is 34.7 Å². The van der Waals surface area contributed by atoms with E-state index in [1.165, 1.54) is 23.8 Å². The monoisotopic (exact) mass is 569 g/mol. The molecular formula is C30H39N3O8. The number of nitro groups is 1. The number of hydrogen-bond acceptors (Lipinski definition) is 8. The number of non-ortho nitro benzene ring substituents is 1. The Balaban J connectivity index is 1.19. The molecule has 0 bridgehead atoms. The highest BCUT2D eigenvalue weighted by molar-refractivity contribution is 5.96. The first kappa shape index (κ1) is 29.2. The molecular weight excluding hydrogens is 530 g/mol. The maximum absolute atomic E-state index is 12.5. The molecule has 5 rings (SSSR count). The van der Waals surface area contributed by atoms with Gasteiger partial charge in [0.2, 0.25) is 0 Å². The smallest absolute Gasteiger partial charge is 0.329 e. The van der Waals surface area contributed by atoms with Crippen molar-refractivity contribution >= 4 is 23.3 Å². The number of rotatable bonds is 8. The van der Waals surface area contributed by atoms with E-state index in [1.807, 2.05) is 0 Å². The Kier molecular flexibility index (Phi) is 7.95. The fourth-order valence-electron chi connectivity index (χ4n) is 8.29. The summed E-state index contributed by atoms with van der Waals surface area (Å²) in [6.45, 7) is 4.11. The number of benzene rings is 1. The minimum absolute atomic E-state index is 0.00800. The molecule has 3 saturated carbocycles. The standard InChI is InChI=1S/C30H39N3O8/c1-29-12-10-19(15-18(29)6-7-21-22-8-9-24(34)30(22,2)13-11-23(21)29)32-41-16-25(35)31-26(28(37)38)27(36)17-4-3-5-20(14-17)33(39)40/h3-5,14-15,21-24,26-27,34,36H,6-13,16H2,1-2H3,(H,31,35)(H,37,38)/b32-19+/t21-,22-,23-,24-,26+,27+,29-,30-/m0/s1. The number of allylic oxidation sites excluding steroid dienone is 2. The normalized spacial score (nSPS) is 34.8. The predicted molar refractivity (Wildman–Crippen MR) is 149 cm³/mol. The molecule has 0 heterocycles. The summed E-state index contributed by atoms with van der Waals surface area (Å²) in [6, 6.07) is 3.24. The van der Waals surface area contributed by atoms with E-state index in [4.69, 9.17) is 4.84 Å². The van der Waals surface area contributed by atoms with E-state index in [2.05, 4.69) is 30.4 Å². The van der Waals surface area contributed by atoms with Crippen LogP contribution in [0.5, 0.6) is 0 Å². The summed E-state index contributed by atoms with van der Waals surface area (Å²) in [5, 5.41) is 48.2. The molecule has 0 aliphatic heterocycles. The molecule has 0 saturated heterocycles. The van der Waals surface area contributed by atoms with Gasteiger partial charge in [-0.15, -0.1) is 0 Å². The van der Waals surface area contributed by atoms with E-state index in [9.17, 15) is 35.0 Å². The number of amides is 1. The maximum Gasteiger partial charge on any atom is 0.329 e. The summed E-state index contributed by atoms with van der Waals surface area (Å²) in [7, 11) is 0. The highest BCUT2D eigenvalue weighted by atomic mass is 16.6. The van der Waals surface area contributed by atoms with Gasteiger partial charge in [0, 0.05) is 12.1 Å². The van der Waals surface area contributed by atoms with Gasteiger partial charge in [-0.05, 0) is 91.6 Å². The zero-order valence-electron chi connectivity index (χ0n) is 23.5. The second-order valence-corrected chi connectivity index (χ2v) is 12.7. The van der Waals surface area contributed by atoms with E-state index in [0.717, 1.165) is 56.7 Å². The van der Waals surface area contributed by atoms with Crippen LogP contribution in [0.2, 0.25) is 0 Å². The van der Waals surface area contributed by atoms with Crippen molar-refractivity contribution in [3.05, 3.63) is 51.6 Å². The first-order chi connectivity index (χ1) is 19.4. The molecule has 1 amide bonds. The summed E-state index contributed by atoms with van der Waals surface area (Å²) in [5.41, 5.74) is 1.93. The first-order valence-electron chi connectivity index (χ1n) is 14.5. The third kappa shape index (κ3) is 5.37. The average molecular weight is 570 g/mol. The van der Waals surface area contributed by atoms with Crippen LogP contribution in [-0.2, 0) is 14.4 Å². The number of nitrogens with zero attached hydrogens (tertiary/aromatic N) is 2. The Morgan fingerprint density at radius 3 is 2.68 bits per heavy atom. The van der Waals surface area contributed by atoms with E-state index in [-0.39, 0.29) is 28.2 Å². The Hall–Kier alpha value is -3.31. The van der Waals surface area contributed by atoms with Crippen molar-refractivity contribution in [1.29, 1.82) is 0 Å². The summed E-state index contributed by atoms with van der Waals surface area (Å²) < 4.78 is 0. The van der Waals surface area contributed by atoms with Gasteiger partial charge in [-0.1, -0.05) is 36.7 Å².